The normalized spacial score (nSPS) is 14.0. The van der Waals surface area contributed by atoms with Gasteiger partial charge in [0.2, 0.25) is 5.91 Å². The number of pyridine rings is 1. The average Bonchev–Trinajstić information content (AvgIpc) is 3.32. The molecule has 1 aliphatic heterocycles. The van der Waals surface area contributed by atoms with Gasteiger partial charge in [0.05, 0.1) is 30.3 Å². The number of benzene rings is 1. The van der Waals surface area contributed by atoms with E-state index >= 15 is 0 Å². The van der Waals surface area contributed by atoms with Gasteiger partial charge in [0.25, 0.3) is 5.91 Å². The predicted octanol–water partition coefficient (Wildman–Crippen LogP) is 3.71. The van der Waals surface area contributed by atoms with Crippen LogP contribution in [-0.2, 0) is 4.79 Å². The Labute approximate surface area is 174 Å². The fourth-order valence-corrected chi connectivity index (χ4v) is 3.75. The molecule has 0 unspecified atom stereocenters. The summed E-state index contributed by atoms with van der Waals surface area (Å²) in [6.45, 7) is 6.57. The molecule has 1 saturated heterocycles. The molecule has 1 fully saturated rings. The van der Waals surface area contributed by atoms with Gasteiger partial charge in [0.1, 0.15) is 5.75 Å². The molecule has 30 heavy (non-hydrogen) atoms. The highest BCUT2D eigenvalue weighted by molar-refractivity contribution is 6.07. The van der Waals surface area contributed by atoms with E-state index in [1.165, 1.54) is 0 Å². The zero-order valence-electron chi connectivity index (χ0n) is 17.6. The predicted molar refractivity (Wildman–Crippen MR) is 115 cm³/mol. The number of fused-ring (bicyclic) bond motifs is 1. The topological polar surface area (TPSA) is 89.3 Å². The monoisotopic (exact) mass is 407 g/mol. The van der Waals surface area contributed by atoms with E-state index in [2.05, 4.69) is 15.4 Å². The minimum atomic E-state index is -0.258. The largest absolute Gasteiger partial charge is 0.494 e. The highest BCUT2D eigenvalue weighted by Gasteiger charge is 2.25. The SMILES string of the molecule is COc1cc(NC(=O)c2cc3cnn(C(C)C)c3nc2C)ccc1N1CCCC1=O. The van der Waals surface area contributed by atoms with Crippen molar-refractivity contribution in [3.63, 3.8) is 0 Å². The van der Waals surface area contributed by atoms with Crippen LogP contribution in [0.15, 0.2) is 30.5 Å². The Balaban J connectivity index is 1.61. The highest BCUT2D eigenvalue weighted by atomic mass is 16.5. The zero-order valence-corrected chi connectivity index (χ0v) is 17.6. The van der Waals surface area contributed by atoms with Crippen LogP contribution >= 0.6 is 0 Å². The smallest absolute Gasteiger partial charge is 0.257 e. The van der Waals surface area contributed by atoms with E-state index in [0.29, 0.717) is 35.7 Å². The third-order valence-electron chi connectivity index (χ3n) is 5.30. The number of carbonyl (C=O) groups is 2. The first-order valence-corrected chi connectivity index (χ1v) is 10.0. The molecule has 4 rings (SSSR count). The number of rotatable bonds is 5. The quantitative estimate of drug-likeness (QED) is 0.696. The van der Waals surface area contributed by atoms with E-state index in [-0.39, 0.29) is 17.9 Å². The lowest BCUT2D eigenvalue weighted by atomic mass is 10.1. The number of ether oxygens (including phenoxy) is 1. The lowest BCUT2D eigenvalue weighted by Gasteiger charge is -2.19. The number of anilines is 2. The molecule has 2 amide bonds. The van der Waals surface area contributed by atoms with Gasteiger partial charge in [-0.1, -0.05) is 0 Å². The highest BCUT2D eigenvalue weighted by Crippen LogP contribution is 2.34. The number of hydrogen-bond donors (Lipinski definition) is 1. The Morgan fingerprint density at radius 1 is 1.27 bits per heavy atom. The number of methoxy groups -OCH3 is 1. The van der Waals surface area contributed by atoms with Crippen molar-refractivity contribution < 1.29 is 14.3 Å². The molecule has 8 nitrogen and oxygen atoms in total. The lowest BCUT2D eigenvalue weighted by Crippen LogP contribution is -2.24. The van der Waals surface area contributed by atoms with Gasteiger partial charge in [-0.3, -0.25) is 9.59 Å². The molecule has 3 aromatic rings. The van der Waals surface area contributed by atoms with E-state index in [1.54, 1.807) is 36.4 Å². The van der Waals surface area contributed by atoms with E-state index in [4.69, 9.17) is 4.74 Å². The summed E-state index contributed by atoms with van der Waals surface area (Å²) in [5, 5.41) is 8.10. The third kappa shape index (κ3) is 3.49. The summed E-state index contributed by atoms with van der Waals surface area (Å²) in [4.78, 5) is 31.3. The van der Waals surface area contributed by atoms with Crippen molar-refractivity contribution in [2.45, 2.75) is 39.7 Å². The number of nitrogens with one attached hydrogen (secondary N) is 1. The van der Waals surface area contributed by atoms with Crippen molar-refractivity contribution in [3.05, 3.63) is 41.7 Å². The van der Waals surface area contributed by atoms with Crippen molar-refractivity contribution in [1.29, 1.82) is 0 Å². The van der Waals surface area contributed by atoms with Crippen LogP contribution in [0.1, 0.15) is 48.8 Å². The first kappa shape index (κ1) is 19.9. The van der Waals surface area contributed by atoms with Gasteiger partial charge >= 0.3 is 0 Å². The first-order chi connectivity index (χ1) is 14.4. The summed E-state index contributed by atoms with van der Waals surface area (Å²) in [6.07, 6.45) is 3.11. The number of hydrogen-bond acceptors (Lipinski definition) is 5. The molecule has 1 N–H and O–H groups in total. The van der Waals surface area contributed by atoms with Gasteiger partial charge in [-0.05, 0) is 45.4 Å². The van der Waals surface area contributed by atoms with Crippen molar-refractivity contribution >= 4 is 34.2 Å². The summed E-state index contributed by atoms with van der Waals surface area (Å²) in [7, 11) is 1.55. The standard InChI is InChI=1S/C22H25N5O3/c1-13(2)27-21-15(12-23-27)10-17(14(3)24-21)22(29)25-16-7-8-18(19(11-16)30-4)26-9-5-6-20(26)28/h7-8,10-13H,5-6,9H2,1-4H3,(H,25,29). The number of aromatic nitrogens is 3. The fraction of sp³-hybridized carbons (Fsp3) is 0.364. The Hall–Kier alpha value is -3.42. The molecule has 0 radical (unpaired) electrons. The zero-order chi connectivity index (χ0) is 21.4. The van der Waals surface area contributed by atoms with Gasteiger partial charge in [0.15, 0.2) is 5.65 Å². The van der Waals surface area contributed by atoms with Crippen molar-refractivity contribution in [3.8, 4) is 5.75 Å². The second-order valence-corrected chi connectivity index (χ2v) is 7.71. The van der Waals surface area contributed by atoms with Crippen molar-refractivity contribution in [2.75, 3.05) is 23.9 Å². The minimum absolute atomic E-state index is 0.0852. The molecule has 3 heterocycles. The van der Waals surface area contributed by atoms with Crippen LogP contribution in [0.3, 0.4) is 0 Å². The van der Waals surface area contributed by atoms with Crippen molar-refractivity contribution in [2.24, 2.45) is 0 Å². The maximum absolute atomic E-state index is 12.9. The molecule has 156 valence electrons. The van der Waals surface area contributed by atoms with Crippen LogP contribution in [-0.4, -0.2) is 40.2 Å². The number of nitrogens with zero attached hydrogens (tertiary/aromatic N) is 4. The molecule has 0 bridgehead atoms. The molecule has 0 spiro atoms. The molecule has 8 heteroatoms. The van der Waals surface area contributed by atoms with Gasteiger partial charge in [-0.25, -0.2) is 9.67 Å². The van der Waals surface area contributed by atoms with E-state index < -0.39 is 0 Å². The van der Waals surface area contributed by atoms with Gasteiger partial charge in [-0.2, -0.15) is 5.10 Å². The Kier molecular flexibility index (Phi) is 5.15. The second-order valence-electron chi connectivity index (χ2n) is 7.71. The second kappa shape index (κ2) is 7.78. The lowest BCUT2D eigenvalue weighted by molar-refractivity contribution is -0.117. The Morgan fingerprint density at radius 3 is 2.73 bits per heavy atom. The Bertz CT molecular complexity index is 1140. The molecule has 0 saturated carbocycles. The van der Waals surface area contributed by atoms with Crippen LogP contribution in [0, 0.1) is 6.92 Å². The van der Waals surface area contributed by atoms with E-state index in [1.807, 2.05) is 31.5 Å². The maximum atomic E-state index is 12.9. The minimum Gasteiger partial charge on any atom is -0.494 e. The van der Waals surface area contributed by atoms with E-state index in [0.717, 1.165) is 23.1 Å². The maximum Gasteiger partial charge on any atom is 0.257 e. The van der Waals surface area contributed by atoms with Gasteiger partial charge in [-0.15, -0.1) is 0 Å². The summed E-state index contributed by atoms with van der Waals surface area (Å²) in [5.41, 5.74) is 3.19. The molecule has 0 aliphatic carbocycles. The van der Waals surface area contributed by atoms with E-state index in [9.17, 15) is 9.59 Å². The fourth-order valence-electron chi connectivity index (χ4n) is 3.75. The third-order valence-corrected chi connectivity index (χ3v) is 5.30. The van der Waals surface area contributed by atoms with Crippen LogP contribution in [0.4, 0.5) is 11.4 Å². The van der Waals surface area contributed by atoms with Crippen LogP contribution in [0.5, 0.6) is 5.75 Å². The number of aryl methyl sites for hydroxylation is 1. The summed E-state index contributed by atoms with van der Waals surface area (Å²) >= 11 is 0. The molecule has 2 aromatic heterocycles. The molecule has 1 aliphatic rings. The first-order valence-electron chi connectivity index (χ1n) is 10.0. The van der Waals surface area contributed by atoms with Crippen LogP contribution in [0.25, 0.3) is 11.0 Å². The summed E-state index contributed by atoms with van der Waals surface area (Å²) in [6, 6.07) is 7.31. The molecular weight excluding hydrogens is 382 g/mol. The van der Waals surface area contributed by atoms with Crippen LogP contribution < -0.4 is 15.0 Å². The number of carbonyl (C=O) groups excluding carboxylic acids is 2. The molecular formula is C22H25N5O3. The molecule has 1 aromatic carbocycles. The Morgan fingerprint density at radius 2 is 2.07 bits per heavy atom. The van der Waals surface area contributed by atoms with Gasteiger partial charge < -0.3 is 15.0 Å². The summed E-state index contributed by atoms with van der Waals surface area (Å²) in [5.74, 6) is 0.375. The average molecular weight is 407 g/mol. The van der Waals surface area contributed by atoms with Crippen molar-refractivity contribution in [1.82, 2.24) is 14.8 Å². The summed E-state index contributed by atoms with van der Waals surface area (Å²) < 4.78 is 7.31. The van der Waals surface area contributed by atoms with Gasteiger partial charge in [0, 0.05) is 36.1 Å². The van der Waals surface area contributed by atoms with Crippen LogP contribution in [0.2, 0.25) is 0 Å². The number of amides is 2. The molecule has 0 atom stereocenters.